The topological polar surface area (TPSA) is 28.7 Å². The summed E-state index contributed by atoms with van der Waals surface area (Å²) in [6, 6.07) is 14.2. The standard InChI is InChI=1S/C17H17ClN2/c1-17(2,3)12-8-5-4-7-11(12)16-19-14-10-6-9-13(18)15(14)20-16/h4-10H,1-3H3,(H,19,20). The second-order valence-corrected chi connectivity index (χ2v) is 6.42. The lowest BCUT2D eigenvalue weighted by Crippen LogP contribution is -2.12. The summed E-state index contributed by atoms with van der Waals surface area (Å²) in [6.07, 6.45) is 0. The number of halogens is 1. The summed E-state index contributed by atoms with van der Waals surface area (Å²) in [5.74, 6) is 0.874. The average Bonchev–Trinajstić information content (AvgIpc) is 2.83. The van der Waals surface area contributed by atoms with E-state index in [1.165, 1.54) is 5.56 Å². The van der Waals surface area contributed by atoms with Crippen LogP contribution in [0.15, 0.2) is 42.5 Å². The zero-order chi connectivity index (χ0) is 14.3. The van der Waals surface area contributed by atoms with Crippen LogP contribution in [0.25, 0.3) is 22.4 Å². The van der Waals surface area contributed by atoms with Crippen molar-refractivity contribution in [3.8, 4) is 11.4 Å². The molecule has 102 valence electrons. The first-order valence-electron chi connectivity index (χ1n) is 6.71. The molecule has 1 N–H and O–H groups in total. The van der Waals surface area contributed by atoms with Crippen LogP contribution in [0, 0.1) is 0 Å². The molecule has 0 saturated heterocycles. The fourth-order valence-corrected chi connectivity index (χ4v) is 2.69. The maximum atomic E-state index is 6.21. The van der Waals surface area contributed by atoms with Crippen molar-refractivity contribution in [2.24, 2.45) is 0 Å². The number of benzene rings is 2. The highest BCUT2D eigenvalue weighted by atomic mass is 35.5. The molecular weight excluding hydrogens is 268 g/mol. The lowest BCUT2D eigenvalue weighted by Gasteiger charge is -2.21. The molecule has 2 nitrogen and oxygen atoms in total. The first-order chi connectivity index (χ1) is 9.47. The van der Waals surface area contributed by atoms with Crippen molar-refractivity contribution in [1.82, 2.24) is 9.97 Å². The Morgan fingerprint density at radius 3 is 2.45 bits per heavy atom. The van der Waals surface area contributed by atoms with Crippen molar-refractivity contribution >= 4 is 22.6 Å². The number of fused-ring (bicyclic) bond motifs is 1. The fraction of sp³-hybridized carbons (Fsp3) is 0.235. The molecule has 2 aromatic carbocycles. The molecule has 3 rings (SSSR count). The van der Waals surface area contributed by atoms with Gasteiger partial charge >= 0.3 is 0 Å². The van der Waals surface area contributed by atoms with E-state index in [-0.39, 0.29) is 5.41 Å². The van der Waals surface area contributed by atoms with E-state index in [0.717, 1.165) is 22.4 Å². The molecule has 0 fully saturated rings. The van der Waals surface area contributed by atoms with E-state index in [1.807, 2.05) is 24.3 Å². The average molecular weight is 285 g/mol. The Labute approximate surface area is 123 Å². The monoisotopic (exact) mass is 284 g/mol. The number of hydrogen-bond acceptors (Lipinski definition) is 1. The molecule has 0 atom stereocenters. The quantitative estimate of drug-likeness (QED) is 0.655. The van der Waals surface area contributed by atoms with Gasteiger partial charge in [-0.15, -0.1) is 0 Å². The summed E-state index contributed by atoms with van der Waals surface area (Å²) in [5, 5.41) is 0.679. The van der Waals surface area contributed by atoms with Gasteiger partial charge in [0, 0.05) is 5.56 Å². The van der Waals surface area contributed by atoms with E-state index in [9.17, 15) is 0 Å². The van der Waals surface area contributed by atoms with Gasteiger partial charge < -0.3 is 4.98 Å². The number of imidazole rings is 1. The molecule has 3 aromatic rings. The Balaban J connectivity index is 2.24. The first kappa shape index (κ1) is 13.2. The number of hydrogen-bond donors (Lipinski definition) is 1. The van der Waals surface area contributed by atoms with Crippen LogP contribution < -0.4 is 0 Å². The second-order valence-electron chi connectivity index (χ2n) is 6.02. The molecular formula is C17H17ClN2. The summed E-state index contributed by atoms with van der Waals surface area (Å²) >= 11 is 6.21. The summed E-state index contributed by atoms with van der Waals surface area (Å²) < 4.78 is 0. The van der Waals surface area contributed by atoms with Gasteiger partial charge in [0.15, 0.2) is 0 Å². The second kappa shape index (κ2) is 4.64. The van der Waals surface area contributed by atoms with Crippen LogP contribution in [-0.4, -0.2) is 9.97 Å². The molecule has 0 aliphatic rings. The van der Waals surface area contributed by atoms with Gasteiger partial charge in [-0.05, 0) is 23.1 Å². The van der Waals surface area contributed by atoms with Gasteiger partial charge in [0.2, 0.25) is 0 Å². The highest BCUT2D eigenvalue weighted by Crippen LogP contribution is 2.33. The van der Waals surface area contributed by atoms with Gasteiger partial charge in [-0.3, -0.25) is 0 Å². The van der Waals surface area contributed by atoms with Gasteiger partial charge in [0.05, 0.1) is 10.5 Å². The highest BCUT2D eigenvalue weighted by Gasteiger charge is 2.20. The Bertz CT molecular complexity index is 766. The molecule has 1 aromatic heterocycles. The van der Waals surface area contributed by atoms with E-state index >= 15 is 0 Å². The Morgan fingerprint density at radius 1 is 1.00 bits per heavy atom. The lowest BCUT2D eigenvalue weighted by molar-refractivity contribution is 0.591. The lowest BCUT2D eigenvalue weighted by atomic mass is 9.83. The predicted octanol–water partition coefficient (Wildman–Crippen LogP) is 5.18. The van der Waals surface area contributed by atoms with Crippen LogP contribution in [0.5, 0.6) is 0 Å². The van der Waals surface area contributed by atoms with E-state index < -0.39 is 0 Å². The molecule has 0 aliphatic heterocycles. The number of rotatable bonds is 1. The third kappa shape index (κ3) is 2.20. The molecule has 0 spiro atoms. The Hall–Kier alpha value is -1.80. The first-order valence-corrected chi connectivity index (χ1v) is 7.09. The third-order valence-corrected chi connectivity index (χ3v) is 3.76. The van der Waals surface area contributed by atoms with Gasteiger partial charge in [0.25, 0.3) is 0 Å². The van der Waals surface area contributed by atoms with Crippen LogP contribution in [0.1, 0.15) is 26.3 Å². The smallest absolute Gasteiger partial charge is 0.138 e. The van der Waals surface area contributed by atoms with Crippen LogP contribution in [-0.2, 0) is 5.41 Å². The van der Waals surface area contributed by atoms with Crippen molar-refractivity contribution < 1.29 is 0 Å². The normalized spacial score (nSPS) is 12.0. The van der Waals surface area contributed by atoms with E-state index in [4.69, 9.17) is 11.6 Å². The van der Waals surface area contributed by atoms with E-state index in [0.29, 0.717) is 5.02 Å². The van der Waals surface area contributed by atoms with E-state index in [1.54, 1.807) is 0 Å². The molecule has 20 heavy (non-hydrogen) atoms. The van der Waals surface area contributed by atoms with Gasteiger partial charge in [-0.1, -0.05) is 62.7 Å². The minimum Gasteiger partial charge on any atom is -0.338 e. The Kier molecular flexibility index (Phi) is 3.06. The van der Waals surface area contributed by atoms with Gasteiger partial charge in [0.1, 0.15) is 11.3 Å². The summed E-state index contributed by atoms with van der Waals surface area (Å²) in [6.45, 7) is 6.63. The molecule has 0 aliphatic carbocycles. The minimum absolute atomic E-state index is 0.0688. The zero-order valence-corrected chi connectivity index (χ0v) is 12.6. The molecule has 3 heteroatoms. The van der Waals surface area contributed by atoms with Crippen LogP contribution in [0.2, 0.25) is 5.02 Å². The maximum absolute atomic E-state index is 6.21. The SMILES string of the molecule is CC(C)(C)c1ccccc1-c1nc2c(Cl)cccc2[nH]1. The third-order valence-electron chi connectivity index (χ3n) is 3.45. The van der Waals surface area contributed by atoms with Gasteiger partial charge in [-0.2, -0.15) is 0 Å². The fourth-order valence-electron chi connectivity index (χ4n) is 2.47. The van der Waals surface area contributed by atoms with Gasteiger partial charge in [-0.25, -0.2) is 4.98 Å². The van der Waals surface area contributed by atoms with Crippen LogP contribution >= 0.6 is 11.6 Å². The molecule has 0 bridgehead atoms. The zero-order valence-electron chi connectivity index (χ0n) is 11.9. The summed E-state index contributed by atoms with van der Waals surface area (Å²) in [7, 11) is 0. The van der Waals surface area contributed by atoms with Crippen molar-refractivity contribution in [1.29, 1.82) is 0 Å². The summed E-state index contributed by atoms with van der Waals surface area (Å²) in [4.78, 5) is 8.04. The number of nitrogens with one attached hydrogen (secondary N) is 1. The number of nitrogens with zero attached hydrogens (tertiary/aromatic N) is 1. The van der Waals surface area contributed by atoms with E-state index in [2.05, 4.69) is 48.9 Å². The minimum atomic E-state index is 0.0688. The van der Waals surface area contributed by atoms with Crippen molar-refractivity contribution in [3.63, 3.8) is 0 Å². The van der Waals surface area contributed by atoms with Crippen molar-refractivity contribution in [3.05, 3.63) is 53.1 Å². The number of para-hydroxylation sites is 1. The summed E-state index contributed by atoms with van der Waals surface area (Å²) in [5.41, 5.74) is 4.27. The molecule has 0 unspecified atom stereocenters. The molecule has 0 radical (unpaired) electrons. The van der Waals surface area contributed by atoms with Crippen LogP contribution in [0.3, 0.4) is 0 Å². The highest BCUT2D eigenvalue weighted by molar-refractivity contribution is 6.35. The Morgan fingerprint density at radius 2 is 1.75 bits per heavy atom. The van der Waals surface area contributed by atoms with Crippen LogP contribution in [0.4, 0.5) is 0 Å². The largest absolute Gasteiger partial charge is 0.338 e. The number of H-pyrrole nitrogens is 1. The predicted molar refractivity (Wildman–Crippen MR) is 85.2 cm³/mol. The molecule has 1 heterocycles. The van der Waals surface area contributed by atoms with Crippen molar-refractivity contribution in [2.75, 3.05) is 0 Å². The molecule has 0 amide bonds. The maximum Gasteiger partial charge on any atom is 0.138 e. The van der Waals surface area contributed by atoms with Crippen molar-refractivity contribution in [2.45, 2.75) is 26.2 Å². The molecule has 0 saturated carbocycles. The number of aromatic amines is 1. The number of aromatic nitrogens is 2.